The summed E-state index contributed by atoms with van der Waals surface area (Å²) in [6.07, 6.45) is 0. The van der Waals surface area contributed by atoms with Gasteiger partial charge in [-0.05, 0) is 30.3 Å². The summed E-state index contributed by atoms with van der Waals surface area (Å²) in [7, 11) is -2.83. The number of nitrogens with one attached hydrogen (secondary N) is 1. The van der Waals surface area contributed by atoms with Crippen LogP contribution in [0.1, 0.15) is 0 Å². The van der Waals surface area contributed by atoms with Crippen molar-refractivity contribution < 1.29 is 17.7 Å². The summed E-state index contributed by atoms with van der Waals surface area (Å²) in [6.45, 7) is 0. The summed E-state index contributed by atoms with van der Waals surface area (Å²) in [6, 6.07) is 11.2. The van der Waals surface area contributed by atoms with Gasteiger partial charge in [0.05, 0.1) is 12.8 Å². The van der Waals surface area contributed by atoms with Gasteiger partial charge in [-0.3, -0.25) is 4.55 Å². The number of nitrogen functional groups attached to an aromatic ring is 1. The van der Waals surface area contributed by atoms with Crippen LogP contribution < -0.4 is 15.8 Å². The molecule has 0 bridgehead atoms. The van der Waals surface area contributed by atoms with Gasteiger partial charge in [0.2, 0.25) is 0 Å². The van der Waals surface area contributed by atoms with E-state index in [-0.39, 0.29) is 16.3 Å². The maximum atomic E-state index is 11.4. The van der Waals surface area contributed by atoms with Gasteiger partial charge < -0.3 is 15.8 Å². The second kappa shape index (κ2) is 5.40. The van der Waals surface area contributed by atoms with Gasteiger partial charge in [-0.2, -0.15) is 8.42 Å². The van der Waals surface area contributed by atoms with Gasteiger partial charge >= 0.3 is 0 Å². The third kappa shape index (κ3) is 3.19. The van der Waals surface area contributed by atoms with E-state index < -0.39 is 10.1 Å². The number of anilines is 3. The summed E-state index contributed by atoms with van der Waals surface area (Å²) in [5.74, 6) is 0.624. The quantitative estimate of drug-likeness (QED) is 0.590. The Bertz CT molecular complexity index is 729. The number of hydrogen-bond acceptors (Lipinski definition) is 5. The van der Waals surface area contributed by atoms with Gasteiger partial charge in [-0.15, -0.1) is 0 Å². The normalized spacial score (nSPS) is 11.1. The zero-order valence-corrected chi connectivity index (χ0v) is 11.5. The number of hydrogen-bond donors (Lipinski definition) is 3. The number of ether oxygens (including phenoxy) is 1. The van der Waals surface area contributed by atoms with E-state index in [4.69, 9.17) is 10.5 Å². The van der Waals surface area contributed by atoms with E-state index in [1.165, 1.54) is 25.3 Å². The molecule has 20 heavy (non-hydrogen) atoms. The summed E-state index contributed by atoms with van der Waals surface area (Å²) in [5, 5.41) is 2.91. The molecule has 0 atom stereocenters. The molecule has 6 nitrogen and oxygen atoms in total. The first kappa shape index (κ1) is 14.2. The lowest BCUT2D eigenvalue weighted by Crippen LogP contribution is -2.04. The zero-order chi connectivity index (χ0) is 14.8. The average Bonchev–Trinajstić information content (AvgIpc) is 2.40. The van der Waals surface area contributed by atoms with Crippen LogP contribution in [0.5, 0.6) is 5.75 Å². The minimum Gasteiger partial charge on any atom is -0.497 e. The number of benzene rings is 2. The lowest BCUT2D eigenvalue weighted by Gasteiger charge is -2.11. The molecule has 0 saturated heterocycles. The van der Waals surface area contributed by atoms with Crippen molar-refractivity contribution in [3.63, 3.8) is 0 Å². The molecule has 2 rings (SSSR count). The largest absolute Gasteiger partial charge is 0.497 e. The smallest absolute Gasteiger partial charge is 0.296 e. The standard InChI is InChI=1S/C13H14N2O4S/c1-19-11-4-2-3-10(8-11)15-12-6-5-9(14)7-13(12)20(16,17)18/h2-8,15H,14H2,1H3,(H,16,17,18). The minimum absolute atomic E-state index is 0.231. The average molecular weight is 294 g/mol. The van der Waals surface area contributed by atoms with Crippen molar-refractivity contribution in [1.82, 2.24) is 0 Å². The summed E-state index contributed by atoms with van der Waals surface area (Å²) in [5.41, 5.74) is 6.64. The van der Waals surface area contributed by atoms with E-state index in [0.29, 0.717) is 11.4 Å². The van der Waals surface area contributed by atoms with Gasteiger partial charge in [0.25, 0.3) is 10.1 Å². The fourth-order valence-electron chi connectivity index (χ4n) is 1.71. The molecule has 0 aliphatic heterocycles. The summed E-state index contributed by atoms with van der Waals surface area (Å²) in [4.78, 5) is -0.277. The topological polar surface area (TPSA) is 102 Å². The maximum Gasteiger partial charge on any atom is 0.296 e. The summed E-state index contributed by atoms with van der Waals surface area (Å²) >= 11 is 0. The molecule has 0 aromatic heterocycles. The van der Waals surface area contributed by atoms with Crippen LogP contribution in [0.15, 0.2) is 47.4 Å². The second-order valence-electron chi connectivity index (χ2n) is 4.09. The second-order valence-corrected chi connectivity index (χ2v) is 5.48. The molecule has 106 valence electrons. The molecular formula is C13H14N2O4S. The molecule has 0 aliphatic rings. The molecule has 7 heteroatoms. The van der Waals surface area contributed by atoms with Crippen molar-refractivity contribution in [3.05, 3.63) is 42.5 Å². The van der Waals surface area contributed by atoms with E-state index in [9.17, 15) is 13.0 Å². The molecule has 0 radical (unpaired) electrons. The number of nitrogens with two attached hydrogens (primary N) is 1. The molecule has 0 unspecified atom stereocenters. The first-order valence-corrected chi connectivity index (χ1v) is 7.12. The highest BCUT2D eigenvalue weighted by molar-refractivity contribution is 7.86. The van der Waals surface area contributed by atoms with Crippen LogP contribution in [-0.4, -0.2) is 20.1 Å². The van der Waals surface area contributed by atoms with Crippen molar-refractivity contribution in [1.29, 1.82) is 0 Å². The van der Waals surface area contributed by atoms with Crippen molar-refractivity contribution >= 4 is 27.2 Å². The van der Waals surface area contributed by atoms with E-state index in [2.05, 4.69) is 5.32 Å². The predicted octanol–water partition coefficient (Wildman–Crippen LogP) is 2.27. The van der Waals surface area contributed by atoms with Crippen molar-refractivity contribution in [3.8, 4) is 5.75 Å². The molecule has 2 aromatic carbocycles. The highest BCUT2D eigenvalue weighted by atomic mass is 32.2. The van der Waals surface area contributed by atoms with Crippen LogP contribution in [0.2, 0.25) is 0 Å². The molecule has 0 aliphatic carbocycles. The number of methoxy groups -OCH3 is 1. The van der Waals surface area contributed by atoms with Crippen molar-refractivity contribution in [2.45, 2.75) is 4.90 Å². The van der Waals surface area contributed by atoms with Gasteiger partial charge in [0, 0.05) is 17.4 Å². The Labute approximate surface area is 116 Å². The van der Waals surface area contributed by atoms with Gasteiger partial charge in [-0.1, -0.05) is 6.07 Å². The highest BCUT2D eigenvalue weighted by Gasteiger charge is 2.16. The van der Waals surface area contributed by atoms with Crippen molar-refractivity contribution in [2.24, 2.45) is 0 Å². The van der Waals surface area contributed by atoms with Crippen LogP contribution in [-0.2, 0) is 10.1 Å². The Balaban J connectivity index is 2.43. The predicted molar refractivity (Wildman–Crippen MR) is 76.9 cm³/mol. The number of rotatable bonds is 4. The third-order valence-electron chi connectivity index (χ3n) is 2.63. The molecule has 4 N–H and O–H groups in total. The first-order chi connectivity index (χ1) is 9.40. The lowest BCUT2D eigenvalue weighted by molar-refractivity contribution is 0.415. The lowest BCUT2D eigenvalue weighted by atomic mass is 10.2. The molecule has 0 heterocycles. The Morgan fingerprint density at radius 3 is 2.60 bits per heavy atom. The SMILES string of the molecule is COc1cccc(Nc2ccc(N)cc2S(=O)(=O)O)c1. The van der Waals surface area contributed by atoms with Gasteiger partial charge in [0.15, 0.2) is 0 Å². The monoisotopic (exact) mass is 294 g/mol. The zero-order valence-electron chi connectivity index (χ0n) is 10.7. The Morgan fingerprint density at radius 1 is 1.20 bits per heavy atom. The van der Waals surface area contributed by atoms with E-state index in [1.54, 1.807) is 24.3 Å². The Kier molecular flexibility index (Phi) is 3.82. The van der Waals surface area contributed by atoms with Gasteiger partial charge in [-0.25, -0.2) is 0 Å². The molecule has 2 aromatic rings. The van der Waals surface area contributed by atoms with Crippen LogP contribution in [0.4, 0.5) is 17.1 Å². The fourth-order valence-corrected chi connectivity index (χ4v) is 2.39. The molecular weight excluding hydrogens is 280 g/mol. The molecule has 0 amide bonds. The fraction of sp³-hybridized carbons (Fsp3) is 0.0769. The third-order valence-corrected chi connectivity index (χ3v) is 3.53. The highest BCUT2D eigenvalue weighted by Crippen LogP contribution is 2.28. The molecule has 0 saturated carbocycles. The van der Waals surface area contributed by atoms with Crippen LogP contribution >= 0.6 is 0 Å². The van der Waals surface area contributed by atoms with E-state index >= 15 is 0 Å². The van der Waals surface area contributed by atoms with E-state index in [1.807, 2.05) is 0 Å². The maximum absolute atomic E-state index is 11.4. The first-order valence-electron chi connectivity index (χ1n) is 5.68. The van der Waals surface area contributed by atoms with Crippen LogP contribution in [0, 0.1) is 0 Å². The molecule has 0 spiro atoms. The van der Waals surface area contributed by atoms with Crippen LogP contribution in [0.3, 0.4) is 0 Å². The van der Waals surface area contributed by atoms with E-state index in [0.717, 1.165) is 0 Å². The Hall–Kier alpha value is -2.25. The van der Waals surface area contributed by atoms with Gasteiger partial charge in [0.1, 0.15) is 10.6 Å². The van der Waals surface area contributed by atoms with Crippen LogP contribution in [0.25, 0.3) is 0 Å². The molecule has 0 fully saturated rings. The Morgan fingerprint density at radius 2 is 1.95 bits per heavy atom. The summed E-state index contributed by atoms with van der Waals surface area (Å²) < 4.78 is 37.0. The van der Waals surface area contributed by atoms with Crippen molar-refractivity contribution in [2.75, 3.05) is 18.2 Å². The minimum atomic E-state index is -4.37.